The van der Waals surface area contributed by atoms with E-state index in [4.69, 9.17) is 4.42 Å². The average Bonchev–Trinajstić information content (AvgIpc) is 3.93. The normalized spacial score (nSPS) is 11.7. The summed E-state index contributed by atoms with van der Waals surface area (Å²) in [6, 6.07) is 87.8. The lowest BCUT2D eigenvalue weighted by molar-refractivity contribution is 0.669. The summed E-state index contributed by atoms with van der Waals surface area (Å²) in [6.45, 7) is 0. The lowest BCUT2D eigenvalue weighted by atomic mass is 9.93. The summed E-state index contributed by atoms with van der Waals surface area (Å²) in [5.74, 6) is 0. The number of aromatic nitrogens is 1. The first-order valence-electron chi connectivity index (χ1n) is 22.2. The van der Waals surface area contributed by atoms with Crippen molar-refractivity contribution in [3.05, 3.63) is 243 Å². The van der Waals surface area contributed by atoms with Crippen molar-refractivity contribution in [3.63, 3.8) is 0 Å². The molecule has 65 heavy (non-hydrogen) atoms. The summed E-state index contributed by atoms with van der Waals surface area (Å²) in [5, 5.41) is 9.76. The quantitative estimate of drug-likeness (QED) is 0.149. The van der Waals surface area contributed by atoms with E-state index in [2.05, 4.69) is 240 Å². The molecule has 0 atom stereocenters. The van der Waals surface area contributed by atoms with E-state index in [1.807, 2.05) is 12.1 Å². The van der Waals surface area contributed by atoms with Gasteiger partial charge in [0.15, 0.2) is 0 Å². The topological polar surface area (TPSA) is 21.3 Å². The standard InChI is InChI=1S/C62H40N2O/c1-2-22-50-45(15-1)40-57(53-24-4-3-23-52(50)53)44-18-13-20-48(39-44)63(47-19-12-17-43(38-47)51-28-14-32-61-62(51)56-27-7-10-31-60(56)65-61)46-35-33-41(34-36-46)42-16-11-21-49(37-42)64-58-29-8-5-25-54(58)55-26-6-9-30-59(55)64/h1-40H. The van der Waals surface area contributed by atoms with E-state index in [0.29, 0.717) is 0 Å². The van der Waals surface area contributed by atoms with Crippen LogP contribution in [0.3, 0.4) is 0 Å². The summed E-state index contributed by atoms with van der Waals surface area (Å²) in [5.41, 5.74) is 15.5. The van der Waals surface area contributed by atoms with Crippen molar-refractivity contribution in [2.24, 2.45) is 0 Å². The minimum Gasteiger partial charge on any atom is -0.456 e. The maximum absolute atomic E-state index is 6.35. The first-order valence-corrected chi connectivity index (χ1v) is 22.2. The third-order valence-corrected chi connectivity index (χ3v) is 13.1. The van der Waals surface area contributed by atoms with E-state index in [9.17, 15) is 0 Å². The SMILES string of the molecule is c1cc(-c2cc3ccccc3c3ccccc23)cc(N(c2ccc(-c3cccc(-n4c5ccccc5c5ccccc54)c3)cc2)c2cccc(-c3cccc4oc5ccccc5c34)c2)c1. The molecule has 13 aromatic rings. The molecule has 0 aliphatic heterocycles. The van der Waals surface area contributed by atoms with Gasteiger partial charge in [0.1, 0.15) is 11.2 Å². The second-order valence-corrected chi connectivity index (χ2v) is 16.9. The predicted octanol–water partition coefficient (Wildman–Crippen LogP) is 17.5. The highest BCUT2D eigenvalue weighted by Crippen LogP contribution is 2.43. The molecule has 0 radical (unpaired) electrons. The Kier molecular flexibility index (Phi) is 8.53. The number of benzene rings is 11. The lowest BCUT2D eigenvalue weighted by Gasteiger charge is -2.27. The number of furan rings is 1. The van der Waals surface area contributed by atoms with Gasteiger partial charge in [-0.3, -0.25) is 0 Å². The van der Waals surface area contributed by atoms with E-state index in [0.717, 1.165) is 66.9 Å². The van der Waals surface area contributed by atoms with E-state index in [1.54, 1.807) is 0 Å². The highest BCUT2D eigenvalue weighted by molar-refractivity contribution is 6.15. The molecule has 3 heteroatoms. The zero-order valence-electron chi connectivity index (χ0n) is 35.4. The maximum Gasteiger partial charge on any atom is 0.136 e. The Bertz CT molecular complexity index is 3910. The zero-order chi connectivity index (χ0) is 42.8. The number of hydrogen-bond donors (Lipinski definition) is 0. The van der Waals surface area contributed by atoms with Gasteiger partial charge in [-0.15, -0.1) is 0 Å². The molecule has 13 rings (SSSR count). The summed E-state index contributed by atoms with van der Waals surface area (Å²) < 4.78 is 8.73. The molecule has 0 aliphatic rings. The number of anilines is 3. The fourth-order valence-electron chi connectivity index (χ4n) is 10.2. The van der Waals surface area contributed by atoms with E-state index < -0.39 is 0 Å². The van der Waals surface area contributed by atoms with Crippen molar-refractivity contribution in [1.82, 2.24) is 4.57 Å². The van der Waals surface area contributed by atoms with Gasteiger partial charge in [0.25, 0.3) is 0 Å². The Hall–Kier alpha value is -8.66. The molecule has 0 bridgehead atoms. The summed E-state index contributed by atoms with van der Waals surface area (Å²) in [6.07, 6.45) is 0. The molecule has 3 nitrogen and oxygen atoms in total. The van der Waals surface area contributed by atoms with E-state index in [-0.39, 0.29) is 0 Å². The molecule has 0 unspecified atom stereocenters. The number of para-hydroxylation sites is 3. The molecule has 2 aromatic heterocycles. The lowest BCUT2D eigenvalue weighted by Crippen LogP contribution is -2.10. The van der Waals surface area contributed by atoms with Crippen LogP contribution in [-0.2, 0) is 0 Å². The van der Waals surface area contributed by atoms with Crippen LogP contribution in [0.15, 0.2) is 247 Å². The molecule has 0 N–H and O–H groups in total. The molecule has 0 saturated carbocycles. The highest BCUT2D eigenvalue weighted by Gasteiger charge is 2.19. The molecule has 0 amide bonds. The molecule has 2 heterocycles. The van der Waals surface area contributed by atoms with Crippen molar-refractivity contribution < 1.29 is 4.42 Å². The molecular weight excluding hydrogens is 789 g/mol. The van der Waals surface area contributed by atoms with Crippen molar-refractivity contribution in [1.29, 1.82) is 0 Å². The van der Waals surface area contributed by atoms with Crippen LogP contribution in [0.25, 0.3) is 104 Å². The van der Waals surface area contributed by atoms with Crippen LogP contribution in [0, 0.1) is 0 Å². The van der Waals surface area contributed by atoms with Gasteiger partial charge < -0.3 is 13.9 Å². The van der Waals surface area contributed by atoms with Gasteiger partial charge >= 0.3 is 0 Å². The van der Waals surface area contributed by atoms with Crippen LogP contribution < -0.4 is 4.90 Å². The molecule has 0 spiro atoms. The second kappa shape index (κ2) is 15.0. The summed E-state index contributed by atoms with van der Waals surface area (Å²) >= 11 is 0. The van der Waals surface area contributed by atoms with Gasteiger partial charge in [-0.25, -0.2) is 0 Å². The summed E-state index contributed by atoms with van der Waals surface area (Å²) in [7, 11) is 0. The first-order chi connectivity index (χ1) is 32.2. The second-order valence-electron chi connectivity index (χ2n) is 16.9. The molecule has 11 aromatic carbocycles. The van der Waals surface area contributed by atoms with Gasteiger partial charge in [0.05, 0.1) is 11.0 Å². The van der Waals surface area contributed by atoms with Crippen molar-refractivity contribution >= 4 is 82.4 Å². The van der Waals surface area contributed by atoms with Crippen LogP contribution >= 0.6 is 0 Å². The smallest absolute Gasteiger partial charge is 0.136 e. The average molecular weight is 829 g/mol. The molecule has 304 valence electrons. The Labute approximate surface area is 376 Å². The van der Waals surface area contributed by atoms with Crippen molar-refractivity contribution in [2.75, 3.05) is 4.90 Å². The summed E-state index contributed by atoms with van der Waals surface area (Å²) in [4.78, 5) is 2.39. The Morgan fingerprint density at radius 2 is 0.862 bits per heavy atom. The fraction of sp³-hybridized carbons (Fsp3) is 0. The van der Waals surface area contributed by atoms with Crippen LogP contribution in [0.4, 0.5) is 17.1 Å². The van der Waals surface area contributed by atoms with E-state index in [1.165, 1.54) is 54.5 Å². The monoisotopic (exact) mass is 828 g/mol. The van der Waals surface area contributed by atoms with Crippen LogP contribution in [-0.4, -0.2) is 4.57 Å². The van der Waals surface area contributed by atoms with Gasteiger partial charge in [-0.1, -0.05) is 164 Å². The first kappa shape index (κ1) is 36.9. The largest absolute Gasteiger partial charge is 0.456 e. The number of nitrogens with zero attached hydrogens (tertiary/aromatic N) is 2. The Morgan fingerprint density at radius 3 is 1.60 bits per heavy atom. The fourth-order valence-corrected chi connectivity index (χ4v) is 10.2. The zero-order valence-corrected chi connectivity index (χ0v) is 35.4. The predicted molar refractivity (Wildman–Crippen MR) is 274 cm³/mol. The van der Waals surface area contributed by atoms with Crippen molar-refractivity contribution in [3.8, 4) is 39.1 Å². The molecular formula is C62H40N2O. The third-order valence-electron chi connectivity index (χ3n) is 13.1. The van der Waals surface area contributed by atoms with Crippen LogP contribution in [0.5, 0.6) is 0 Å². The number of hydrogen-bond acceptors (Lipinski definition) is 2. The highest BCUT2D eigenvalue weighted by atomic mass is 16.3. The van der Waals surface area contributed by atoms with Gasteiger partial charge in [-0.05, 0) is 134 Å². The van der Waals surface area contributed by atoms with Crippen LogP contribution in [0.1, 0.15) is 0 Å². The van der Waals surface area contributed by atoms with Gasteiger partial charge in [-0.2, -0.15) is 0 Å². The number of fused-ring (bicyclic) bond motifs is 9. The molecule has 0 saturated heterocycles. The van der Waals surface area contributed by atoms with Crippen molar-refractivity contribution in [2.45, 2.75) is 0 Å². The minimum absolute atomic E-state index is 0.888. The third kappa shape index (κ3) is 6.12. The maximum atomic E-state index is 6.35. The Balaban J connectivity index is 0.955. The van der Waals surface area contributed by atoms with E-state index >= 15 is 0 Å². The van der Waals surface area contributed by atoms with Gasteiger partial charge in [0.2, 0.25) is 0 Å². The van der Waals surface area contributed by atoms with Gasteiger partial charge in [0, 0.05) is 44.3 Å². The molecule has 0 fully saturated rings. The molecule has 0 aliphatic carbocycles. The number of rotatable bonds is 7. The van der Waals surface area contributed by atoms with Crippen LogP contribution in [0.2, 0.25) is 0 Å². The minimum atomic E-state index is 0.888. The Morgan fingerprint density at radius 1 is 0.308 bits per heavy atom.